The molecule has 0 spiro atoms. The summed E-state index contributed by atoms with van der Waals surface area (Å²) in [5, 5.41) is 10.7. The highest BCUT2D eigenvalue weighted by atomic mass is 19.1. The number of para-hydroxylation sites is 1. The van der Waals surface area contributed by atoms with Gasteiger partial charge in [0.05, 0.1) is 16.9 Å². The van der Waals surface area contributed by atoms with Gasteiger partial charge in [0.15, 0.2) is 5.82 Å². The number of fused-ring (bicyclic) bond motifs is 3. The van der Waals surface area contributed by atoms with E-state index in [1.54, 1.807) is 37.0 Å². The SMILES string of the molecule is CC(F)Oc1ccccc1[C@@H]1CCn2c(=O)c3ccc(-c4cnc(C(C)(C)O)nc4)cc3n21. The molecule has 0 saturated heterocycles. The monoisotopic (exact) mass is 448 g/mol. The molecule has 0 amide bonds. The molecule has 2 aromatic heterocycles. The van der Waals surface area contributed by atoms with Crippen LogP contribution < -0.4 is 10.3 Å². The maximum Gasteiger partial charge on any atom is 0.274 e. The van der Waals surface area contributed by atoms with E-state index in [4.69, 9.17) is 4.74 Å². The zero-order chi connectivity index (χ0) is 23.3. The maximum absolute atomic E-state index is 13.6. The largest absolute Gasteiger partial charge is 0.460 e. The van der Waals surface area contributed by atoms with Crippen LogP contribution in [0, 0.1) is 0 Å². The van der Waals surface area contributed by atoms with Crippen molar-refractivity contribution in [2.75, 3.05) is 0 Å². The number of halogens is 1. The van der Waals surface area contributed by atoms with Crippen molar-refractivity contribution in [1.29, 1.82) is 0 Å². The average Bonchev–Trinajstić information content (AvgIpc) is 3.33. The van der Waals surface area contributed by atoms with Crippen LogP contribution in [0.25, 0.3) is 22.0 Å². The molecule has 4 aromatic rings. The molecule has 3 heterocycles. The number of alkyl halides is 1. The van der Waals surface area contributed by atoms with Gasteiger partial charge in [0, 0.05) is 37.0 Å². The molecule has 8 heteroatoms. The van der Waals surface area contributed by atoms with Gasteiger partial charge in [-0.05, 0) is 44.0 Å². The van der Waals surface area contributed by atoms with E-state index in [1.807, 2.05) is 41.1 Å². The lowest BCUT2D eigenvalue weighted by Gasteiger charge is -2.19. The fraction of sp³-hybridized carbons (Fsp3) is 0.320. The van der Waals surface area contributed by atoms with E-state index in [-0.39, 0.29) is 11.6 Å². The second-order valence-electron chi connectivity index (χ2n) is 8.86. The number of hydrogen-bond donors (Lipinski definition) is 1. The molecule has 0 bridgehead atoms. The Bertz CT molecular complexity index is 1380. The molecule has 2 aromatic carbocycles. The Morgan fingerprint density at radius 3 is 2.58 bits per heavy atom. The number of rotatable bonds is 5. The summed E-state index contributed by atoms with van der Waals surface area (Å²) in [6, 6.07) is 12.9. The Morgan fingerprint density at radius 2 is 1.88 bits per heavy atom. The van der Waals surface area contributed by atoms with Crippen molar-refractivity contribution >= 4 is 10.9 Å². The Labute approximate surface area is 190 Å². The van der Waals surface area contributed by atoms with Crippen LogP contribution in [0.3, 0.4) is 0 Å². The van der Waals surface area contributed by atoms with E-state index < -0.39 is 12.0 Å². The zero-order valence-electron chi connectivity index (χ0n) is 18.7. The lowest BCUT2D eigenvalue weighted by molar-refractivity contribution is 0.0687. The van der Waals surface area contributed by atoms with Crippen LogP contribution in [0.4, 0.5) is 4.39 Å². The van der Waals surface area contributed by atoms with Crippen molar-refractivity contribution in [2.24, 2.45) is 0 Å². The summed E-state index contributed by atoms with van der Waals surface area (Å²) in [6.07, 6.45) is 2.61. The van der Waals surface area contributed by atoms with Crippen molar-refractivity contribution in [3.05, 3.63) is 76.6 Å². The number of aromatic nitrogens is 4. The van der Waals surface area contributed by atoms with E-state index >= 15 is 0 Å². The lowest BCUT2D eigenvalue weighted by atomic mass is 10.0. The average molecular weight is 448 g/mol. The predicted molar refractivity (Wildman–Crippen MR) is 123 cm³/mol. The highest BCUT2D eigenvalue weighted by Crippen LogP contribution is 2.37. The molecule has 1 unspecified atom stereocenters. The summed E-state index contributed by atoms with van der Waals surface area (Å²) >= 11 is 0. The fourth-order valence-corrected chi connectivity index (χ4v) is 4.48. The number of nitrogens with zero attached hydrogens (tertiary/aromatic N) is 4. The third-order valence-electron chi connectivity index (χ3n) is 5.98. The van der Waals surface area contributed by atoms with Crippen LogP contribution in [-0.4, -0.2) is 30.8 Å². The van der Waals surface area contributed by atoms with Gasteiger partial charge in [0.1, 0.15) is 11.4 Å². The Hall–Kier alpha value is -3.52. The first-order valence-corrected chi connectivity index (χ1v) is 10.9. The van der Waals surface area contributed by atoms with Gasteiger partial charge in [-0.25, -0.2) is 19.0 Å². The minimum atomic E-state index is -1.44. The third kappa shape index (κ3) is 3.70. The number of hydrogen-bond acceptors (Lipinski definition) is 5. The molecule has 0 radical (unpaired) electrons. The molecule has 1 aliphatic rings. The standard InChI is InChI=1S/C25H25FN4O3/c1-15(26)33-22-7-5-4-6-18(22)20-10-11-29-23(31)19-9-8-16(12-21(19)30(20)29)17-13-27-24(28-14-17)25(2,3)32/h4-9,12-15,20,32H,10-11H2,1-3H3/t15?,20-/m0/s1. The second-order valence-corrected chi connectivity index (χ2v) is 8.86. The minimum absolute atomic E-state index is 0.0510. The van der Waals surface area contributed by atoms with E-state index in [0.717, 1.165) is 22.2 Å². The molecule has 7 nitrogen and oxygen atoms in total. The fourth-order valence-electron chi connectivity index (χ4n) is 4.48. The smallest absolute Gasteiger partial charge is 0.274 e. The highest BCUT2D eigenvalue weighted by Gasteiger charge is 2.30. The molecule has 1 N–H and O–H groups in total. The number of benzene rings is 2. The third-order valence-corrected chi connectivity index (χ3v) is 5.98. The molecule has 1 aliphatic heterocycles. The van der Waals surface area contributed by atoms with Gasteiger partial charge in [-0.1, -0.05) is 24.3 Å². The molecular formula is C25H25FN4O3. The second kappa shape index (κ2) is 7.81. The predicted octanol–water partition coefficient (Wildman–Crippen LogP) is 4.17. The molecule has 33 heavy (non-hydrogen) atoms. The molecule has 170 valence electrons. The van der Waals surface area contributed by atoms with Gasteiger partial charge in [0.2, 0.25) is 6.36 Å². The molecular weight excluding hydrogens is 423 g/mol. The minimum Gasteiger partial charge on any atom is -0.460 e. The van der Waals surface area contributed by atoms with Gasteiger partial charge in [0.25, 0.3) is 5.56 Å². The van der Waals surface area contributed by atoms with Gasteiger partial charge >= 0.3 is 0 Å². The summed E-state index contributed by atoms with van der Waals surface area (Å²) < 4.78 is 22.8. The first kappa shape index (κ1) is 21.3. The number of aliphatic hydroxyl groups is 1. The molecule has 0 saturated carbocycles. The van der Waals surface area contributed by atoms with Crippen LogP contribution >= 0.6 is 0 Å². The Balaban J connectivity index is 1.62. The number of ether oxygens (including phenoxy) is 1. The maximum atomic E-state index is 13.6. The molecule has 0 aliphatic carbocycles. The van der Waals surface area contributed by atoms with Crippen molar-refractivity contribution in [3.63, 3.8) is 0 Å². The first-order chi connectivity index (χ1) is 15.7. The van der Waals surface area contributed by atoms with Gasteiger partial charge in [-0.2, -0.15) is 0 Å². The quantitative estimate of drug-likeness (QED) is 0.495. The topological polar surface area (TPSA) is 82.2 Å². The van der Waals surface area contributed by atoms with Crippen LogP contribution in [-0.2, 0) is 12.1 Å². The van der Waals surface area contributed by atoms with Crippen LogP contribution in [0.1, 0.15) is 44.6 Å². The summed E-state index contributed by atoms with van der Waals surface area (Å²) in [5.74, 6) is 0.819. The lowest BCUT2D eigenvalue weighted by Crippen LogP contribution is -2.19. The van der Waals surface area contributed by atoms with E-state index in [1.165, 1.54) is 6.92 Å². The van der Waals surface area contributed by atoms with Crippen molar-refractivity contribution in [3.8, 4) is 16.9 Å². The van der Waals surface area contributed by atoms with Crippen molar-refractivity contribution in [1.82, 2.24) is 19.3 Å². The summed E-state index contributed by atoms with van der Waals surface area (Å²) in [5.41, 5.74) is 2.09. The highest BCUT2D eigenvalue weighted by molar-refractivity contribution is 5.84. The van der Waals surface area contributed by atoms with Crippen LogP contribution in [0.15, 0.2) is 59.7 Å². The normalized spacial score (nSPS) is 16.7. The molecule has 5 rings (SSSR count). The molecule has 2 atom stereocenters. The van der Waals surface area contributed by atoms with Crippen molar-refractivity contribution in [2.45, 2.75) is 51.7 Å². The van der Waals surface area contributed by atoms with Crippen LogP contribution in [0.2, 0.25) is 0 Å². The van der Waals surface area contributed by atoms with Gasteiger partial charge in [-0.15, -0.1) is 0 Å². The summed E-state index contributed by atoms with van der Waals surface area (Å²) in [6.45, 7) is 5.19. The first-order valence-electron chi connectivity index (χ1n) is 10.9. The summed E-state index contributed by atoms with van der Waals surface area (Å²) in [4.78, 5) is 21.7. The Kier molecular flexibility index (Phi) is 5.05. The van der Waals surface area contributed by atoms with E-state index in [2.05, 4.69) is 9.97 Å². The van der Waals surface area contributed by atoms with Gasteiger partial charge in [-0.3, -0.25) is 9.48 Å². The zero-order valence-corrected chi connectivity index (χ0v) is 18.7. The van der Waals surface area contributed by atoms with E-state index in [9.17, 15) is 14.3 Å². The molecule has 0 fully saturated rings. The van der Waals surface area contributed by atoms with Crippen LogP contribution in [0.5, 0.6) is 5.75 Å². The van der Waals surface area contributed by atoms with Gasteiger partial charge < -0.3 is 9.84 Å². The summed E-state index contributed by atoms with van der Waals surface area (Å²) in [7, 11) is 0. The Morgan fingerprint density at radius 1 is 1.15 bits per heavy atom. The van der Waals surface area contributed by atoms with E-state index in [0.29, 0.717) is 29.9 Å². The van der Waals surface area contributed by atoms with Crippen molar-refractivity contribution < 1.29 is 14.2 Å².